The van der Waals surface area contributed by atoms with Gasteiger partial charge in [0.2, 0.25) is 0 Å². The number of nitrogens with zero attached hydrogens (tertiary/aromatic N) is 1. The van der Waals surface area contributed by atoms with Crippen LogP contribution in [0.25, 0.3) is 11.0 Å². The molecule has 9 nitrogen and oxygen atoms in total. The van der Waals surface area contributed by atoms with Crippen LogP contribution in [0.1, 0.15) is 28.8 Å². The molecular weight excluding hydrogens is 466 g/mol. The van der Waals surface area contributed by atoms with Crippen LogP contribution in [-0.4, -0.2) is 37.4 Å². The van der Waals surface area contributed by atoms with E-state index in [2.05, 4.69) is 37.0 Å². The van der Waals surface area contributed by atoms with Gasteiger partial charge in [-0.2, -0.15) is 0 Å². The Morgan fingerprint density at radius 3 is 2.40 bits per heavy atom. The maximum Gasteiger partial charge on any atom is 0.323 e. The van der Waals surface area contributed by atoms with Crippen molar-refractivity contribution in [2.45, 2.75) is 24.3 Å². The van der Waals surface area contributed by atoms with E-state index in [-0.39, 0.29) is 16.1 Å². The Bertz CT molecular complexity index is 1530. The number of nitrogens with one attached hydrogen (secondary N) is 4. The summed E-state index contributed by atoms with van der Waals surface area (Å²) in [5, 5.41) is 2.87. The third kappa shape index (κ3) is 4.92. The van der Waals surface area contributed by atoms with Gasteiger partial charge in [0.05, 0.1) is 27.2 Å². The summed E-state index contributed by atoms with van der Waals surface area (Å²) in [5.74, 6) is -0.391. The van der Waals surface area contributed by atoms with Gasteiger partial charge in [-0.15, -0.1) is 0 Å². The summed E-state index contributed by atoms with van der Waals surface area (Å²) in [6, 6.07) is 18.8. The minimum absolute atomic E-state index is 0.0337. The molecule has 0 radical (unpaired) electrons. The summed E-state index contributed by atoms with van der Waals surface area (Å²) in [6.45, 7) is 2.46. The fourth-order valence-electron chi connectivity index (χ4n) is 4.23. The molecule has 1 saturated heterocycles. The largest absolute Gasteiger partial charge is 0.372 e. The normalized spacial score (nSPS) is 13.8. The number of aromatic amines is 2. The van der Waals surface area contributed by atoms with E-state index < -0.39 is 21.6 Å². The summed E-state index contributed by atoms with van der Waals surface area (Å²) in [6.07, 6.45) is 2.42. The van der Waals surface area contributed by atoms with Crippen LogP contribution in [-0.2, 0) is 16.6 Å². The van der Waals surface area contributed by atoms with Crippen LogP contribution in [0.5, 0.6) is 0 Å². The Balaban J connectivity index is 1.29. The molecular formula is C25H25N5O4S. The van der Waals surface area contributed by atoms with E-state index in [0.717, 1.165) is 18.7 Å². The van der Waals surface area contributed by atoms with E-state index in [4.69, 9.17) is 0 Å². The summed E-state index contributed by atoms with van der Waals surface area (Å²) in [7, 11) is -4.00. The van der Waals surface area contributed by atoms with Crippen LogP contribution < -0.4 is 20.6 Å². The first-order valence-electron chi connectivity index (χ1n) is 11.3. The number of carbonyl (C=O) groups is 1. The Morgan fingerprint density at radius 1 is 0.914 bits per heavy atom. The van der Waals surface area contributed by atoms with Gasteiger partial charge in [-0.1, -0.05) is 24.3 Å². The molecule has 1 amide bonds. The number of para-hydroxylation sites is 1. The third-order valence-corrected chi connectivity index (χ3v) is 7.44. The van der Waals surface area contributed by atoms with Crippen molar-refractivity contribution in [3.8, 4) is 0 Å². The number of carbonyl (C=O) groups excluding carboxylic acids is 1. The second kappa shape index (κ2) is 9.30. The van der Waals surface area contributed by atoms with Crippen LogP contribution in [0.15, 0.2) is 76.4 Å². The van der Waals surface area contributed by atoms with Gasteiger partial charge in [0.1, 0.15) is 0 Å². The molecule has 0 atom stereocenters. The summed E-state index contributed by atoms with van der Waals surface area (Å²) in [4.78, 5) is 31.8. The highest BCUT2D eigenvalue weighted by molar-refractivity contribution is 7.92. The second-order valence-electron chi connectivity index (χ2n) is 8.48. The van der Waals surface area contributed by atoms with Crippen molar-refractivity contribution in [1.82, 2.24) is 15.3 Å². The average Bonchev–Trinajstić information content (AvgIpc) is 3.51. The molecule has 3 aromatic carbocycles. The van der Waals surface area contributed by atoms with Gasteiger partial charge in [0.25, 0.3) is 15.9 Å². The SMILES string of the molecule is O=C(NCc1ccc(N2CCCC2)cc1)c1ccccc1NS(=O)(=O)c1ccc2[nH]c(=O)[nH]c2c1. The lowest BCUT2D eigenvalue weighted by Gasteiger charge is -2.18. The molecule has 0 aliphatic carbocycles. The number of aromatic nitrogens is 2. The van der Waals surface area contributed by atoms with E-state index in [9.17, 15) is 18.0 Å². The lowest BCUT2D eigenvalue weighted by molar-refractivity contribution is 0.0952. The molecule has 180 valence electrons. The van der Waals surface area contributed by atoms with Crippen LogP contribution in [0.2, 0.25) is 0 Å². The Labute approximate surface area is 202 Å². The summed E-state index contributed by atoms with van der Waals surface area (Å²) < 4.78 is 28.5. The molecule has 5 rings (SSSR count). The number of imidazole rings is 1. The molecule has 0 bridgehead atoms. The number of amides is 1. The first-order valence-corrected chi connectivity index (χ1v) is 12.8. The number of rotatable bonds is 7. The van der Waals surface area contributed by atoms with Gasteiger partial charge in [-0.05, 0) is 60.9 Å². The maximum atomic E-state index is 13.0. The molecule has 1 fully saturated rings. The van der Waals surface area contributed by atoms with E-state index in [1.54, 1.807) is 18.2 Å². The van der Waals surface area contributed by atoms with Crippen molar-refractivity contribution < 1.29 is 13.2 Å². The number of H-pyrrole nitrogens is 2. The smallest absolute Gasteiger partial charge is 0.323 e. The number of benzene rings is 3. The highest BCUT2D eigenvalue weighted by Gasteiger charge is 2.19. The highest BCUT2D eigenvalue weighted by atomic mass is 32.2. The summed E-state index contributed by atoms with van der Waals surface area (Å²) >= 11 is 0. The number of hydrogen-bond donors (Lipinski definition) is 4. The minimum atomic E-state index is -4.00. The van der Waals surface area contributed by atoms with Crippen LogP contribution in [0.3, 0.4) is 0 Å². The molecule has 4 aromatic rings. The van der Waals surface area contributed by atoms with Gasteiger partial charge < -0.3 is 20.2 Å². The Kier molecular flexibility index (Phi) is 6.04. The van der Waals surface area contributed by atoms with Crippen molar-refractivity contribution in [1.29, 1.82) is 0 Å². The fraction of sp³-hybridized carbons (Fsp3) is 0.200. The Morgan fingerprint density at radius 2 is 1.63 bits per heavy atom. The van der Waals surface area contributed by atoms with Crippen LogP contribution >= 0.6 is 0 Å². The topological polar surface area (TPSA) is 127 Å². The van der Waals surface area contributed by atoms with Crippen molar-refractivity contribution in [3.63, 3.8) is 0 Å². The van der Waals surface area contributed by atoms with Gasteiger partial charge in [-0.3, -0.25) is 9.52 Å². The molecule has 10 heteroatoms. The van der Waals surface area contributed by atoms with Crippen molar-refractivity contribution in [2.75, 3.05) is 22.7 Å². The molecule has 1 aliphatic rings. The zero-order valence-electron chi connectivity index (χ0n) is 18.9. The van der Waals surface area contributed by atoms with E-state index in [1.165, 1.54) is 42.8 Å². The van der Waals surface area contributed by atoms with E-state index in [1.807, 2.05) is 12.1 Å². The summed E-state index contributed by atoms with van der Waals surface area (Å²) in [5.41, 5.74) is 2.96. The average molecular weight is 492 g/mol. The lowest BCUT2D eigenvalue weighted by Crippen LogP contribution is -2.25. The van der Waals surface area contributed by atoms with Gasteiger partial charge in [0, 0.05) is 25.3 Å². The highest BCUT2D eigenvalue weighted by Crippen LogP contribution is 2.23. The molecule has 35 heavy (non-hydrogen) atoms. The van der Waals surface area contributed by atoms with Crippen molar-refractivity contribution in [3.05, 3.63) is 88.3 Å². The zero-order chi connectivity index (χ0) is 24.4. The molecule has 1 aromatic heterocycles. The number of hydrogen-bond acceptors (Lipinski definition) is 5. The predicted molar refractivity (Wildman–Crippen MR) is 135 cm³/mol. The van der Waals surface area contributed by atoms with Gasteiger partial charge in [-0.25, -0.2) is 13.2 Å². The van der Waals surface area contributed by atoms with Crippen LogP contribution in [0, 0.1) is 0 Å². The van der Waals surface area contributed by atoms with Crippen LogP contribution in [0.4, 0.5) is 11.4 Å². The molecule has 2 heterocycles. The first-order chi connectivity index (χ1) is 16.9. The predicted octanol–water partition coefficient (Wildman–Crippen LogP) is 3.19. The van der Waals surface area contributed by atoms with E-state index in [0.29, 0.717) is 17.6 Å². The standard InChI is InChI=1S/C25H25N5O4S/c31-24(26-16-17-7-9-18(10-8-17)30-13-3-4-14-30)20-5-1-2-6-21(20)29-35(33,34)19-11-12-22-23(15-19)28-25(32)27-22/h1-2,5-12,15,29H,3-4,13-14,16H2,(H,26,31)(H2,27,28,32). The fourth-order valence-corrected chi connectivity index (χ4v) is 5.34. The maximum absolute atomic E-state index is 13.0. The van der Waals surface area contributed by atoms with E-state index >= 15 is 0 Å². The zero-order valence-corrected chi connectivity index (χ0v) is 19.7. The molecule has 1 aliphatic heterocycles. The number of sulfonamides is 1. The minimum Gasteiger partial charge on any atom is -0.372 e. The van der Waals surface area contributed by atoms with Gasteiger partial charge in [0.15, 0.2) is 0 Å². The molecule has 0 spiro atoms. The third-order valence-electron chi connectivity index (χ3n) is 6.07. The number of fused-ring (bicyclic) bond motifs is 1. The monoisotopic (exact) mass is 491 g/mol. The lowest BCUT2D eigenvalue weighted by atomic mass is 10.1. The molecule has 0 unspecified atom stereocenters. The van der Waals surface area contributed by atoms with Crippen molar-refractivity contribution in [2.24, 2.45) is 0 Å². The van der Waals surface area contributed by atoms with Crippen molar-refractivity contribution >= 4 is 38.3 Å². The molecule has 0 saturated carbocycles. The number of anilines is 2. The second-order valence-corrected chi connectivity index (χ2v) is 10.2. The molecule has 4 N–H and O–H groups in total. The Hall–Kier alpha value is -4.05. The van der Waals surface area contributed by atoms with Gasteiger partial charge >= 0.3 is 5.69 Å². The first kappa shape index (κ1) is 22.7. The quantitative estimate of drug-likeness (QED) is 0.316.